The van der Waals surface area contributed by atoms with Gasteiger partial charge in [-0.15, -0.1) is 0 Å². The molecule has 6 atom stereocenters. The molecule has 7 nitrogen and oxygen atoms in total. The molecule has 1 aliphatic rings. The van der Waals surface area contributed by atoms with Crippen LogP contribution < -0.4 is 0 Å². The minimum Gasteiger partial charge on any atom is -0.458 e. The second-order valence-corrected chi connectivity index (χ2v) is 11.7. The first-order chi connectivity index (χ1) is 14.5. The number of rotatable bonds is 8. The molecule has 0 radical (unpaired) electrons. The van der Waals surface area contributed by atoms with Crippen LogP contribution in [0, 0.1) is 6.92 Å². The predicted octanol–water partition coefficient (Wildman–Crippen LogP) is 4.07. The minimum absolute atomic E-state index is 0.0631. The van der Waals surface area contributed by atoms with Gasteiger partial charge in [0.15, 0.2) is 15.9 Å². The predicted molar refractivity (Wildman–Crippen MR) is 123 cm³/mol. The van der Waals surface area contributed by atoms with Crippen molar-refractivity contribution in [2.75, 3.05) is 0 Å². The first kappa shape index (κ1) is 26.3. The molecule has 0 amide bonds. The summed E-state index contributed by atoms with van der Waals surface area (Å²) in [5.41, 5.74) is 0.955. The van der Waals surface area contributed by atoms with E-state index in [1.807, 2.05) is 13.8 Å². The van der Waals surface area contributed by atoms with E-state index in [4.69, 9.17) is 14.2 Å². The monoisotopic (exact) mass is 582 g/mol. The van der Waals surface area contributed by atoms with E-state index >= 15 is 0 Å². The summed E-state index contributed by atoms with van der Waals surface area (Å²) >= 11 is 6.86. The Morgan fingerprint density at radius 3 is 2.23 bits per heavy atom. The fourth-order valence-corrected chi connectivity index (χ4v) is 7.44. The van der Waals surface area contributed by atoms with Crippen molar-refractivity contribution in [3.63, 3.8) is 0 Å². The highest BCUT2D eigenvalue weighted by atomic mass is 79.9. The van der Waals surface area contributed by atoms with Gasteiger partial charge in [0.2, 0.25) is 0 Å². The summed E-state index contributed by atoms with van der Waals surface area (Å²) in [6.45, 7) is 6.33. The number of esters is 2. The molecule has 174 valence electrons. The van der Waals surface area contributed by atoms with Gasteiger partial charge in [-0.05, 0) is 31.9 Å². The maximum Gasteiger partial charge on any atom is 0.303 e. The van der Waals surface area contributed by atoms with Crippen molar-refractivity contribution in [1.29, 1.82) is 0 Å². The Kier molecular flexibility index (Phi) is 9.54. The zero-order valence-corrected chi connectivity index (χ0v) is 21.9. The first-order valence-corrected chi connectivity index (χ1v) is 13.4. The second-order valence-electron chi connectivity index (χ2n) is 7.61. The van der Waals surface area contributed by atoms with Gasteiger partial charge in [0.25, 0.3) is 0 Å². The van der Waals surface area contributed by atoms with E-state index in [0.29, 0.717) is 12.8 Å². The summed E-state index contributed by atoms with van der Waals surface area (Å²) in [7, 11) is -3.72. The van der Waals surface area contributed by atoms with E-state index in [1.165, 1.54) is 13.8 Å². The average Bonchev–Trinajstić information content (AvgIpc) is 2.67. The van der Waals surface area contributed by atoms with Gasteiger partial charge in [0.05, 0.1) is 15.0 Å². The first-order valence-electron chi connectivity index (χ1n) is 10.1. The Balaban J connectivity index is 2.40. The largest absolute Gasteiger partial charge is 0.458 e. The van der Waals surface area contributed by atoms with Crippen LogP contribution in [0.1, 0.15) is 45.6 Å². The molecule has 1 fully saturated rings. The van der Waals surface area contributed by atoms with Crippen molar-refractivity contribution >= 4 is 53.6 Å². The number of hydrogen-bond acceptors (Lipinski definition) is 7. The molecule has 31 heavy (non-hydrogen) atoms. The van der Waals surface area contributed by atoms with Crippen LogP contribution in [0.5, 0.6) is 0 Å². The van der Waals surface area contributed by atoms with Crippen LogP contribution >= 0.6 is 31.9 Å². The Bertz CT molecular complexity index is 872. The fourth-order valence-electron chi connectivity index (χ4n) is 3.61. The van der Waals surface area contributed by atoms with Crippen LogP contribution in [0.2, 0.25) is 0 Å². The average molecular weight is 584 g/mol. The Labute approximate surface area is 200 Å². The molecule has 1 aromatic rings. The number of halogens is 2. The molecular weight excluding hydrogens is 556 g/mol. The summed E-state index contributed by atoms with van der Waals surface area (Å²) in [5, 5.41) is -1.51. The van der Waals surface area contributed by atoms with Gasteiger partial charge in [-0.25, -0.2) is 8.42 Å². The summed E-state index contributed by atoms with van der Waals surface area (Å²) in [5.74, 6) is -1.07. The summed E-state index contributed by atoms with van der Waals surface area (Å²) < 4.78 is 43.7. The number of benzene rings is 1. The molecule has 2 unspecified atom stereocenters. The lowest BCUT2D eigenvalue weighted by Gasteiger charge is -2.41. The summed E-state index contributed by atoms with van der Waals surface area (Å²) in [6.07, 6.45) is -1.29. The number of carbonyl (C=O) groups is 2. The third kappa shape index (κ3) is 6.76. The fraction of sp³-hybridized carbons (Fsp3) is 0.619. The normalized spacial score (nSPS) is 26.0. The highest BCUT2D eigenvalue weighted by Gasteiger charge is 2.48. The molecule has 0 bridgehead atoms. The van der Waals surface area contributed by atoms with Crippen LogP contribution in [0.4, 0.5) is 0 Å². The Morgan fingerprint density at radius 1 is 1.13 bits per heavy atom. The lowest BCUT2D eigenvalue weighted by Crippen LogP contribution is -2.54. The molecule has 0 spiro atoms. The van der Waals surface area contributed by atoms with Crippen molar-refractivity contribution in [3.05, 3.63) is 29.8 Å². The number of hydrogen-bond donors (Lipinski definition) is 0. The maximum absolute atomic E-state index is 13.4. The highest BCUT2D eigenvalue weighted by molar-refractivity contribution is 9.12. The van der Waals surface area contributed by atoms with E-state index in [2.05, 4.69) is 31.9 Å². The number of sulfone groups is 1. The number of ether oxygens (including phenoxy) is 3. The van der Waals surface area contributed by atoms with E-state index in [1.54, 1.807) is 24.3 Å². The smallest absolute Gasteiger partial charge is 0.303 e. The van der Waals surface area contributed by atoms with Crippen molar-refractivity contribution in [3.8, 4) is 0 Å². The van der Waals surface area contributed by atoms with Crippen molar-refractivity contribution in [2.45, 2.75) is 85.3 Å². The topological polar surface area (TPSA) is 96.0 Å². The molecule has 1 heterocycles. The number of alkyl halides is 2. The molecule has 0 saturated carbocycles. The maximum atomic E-state index is 13.4. The highest BCUT2D eigenvalue weighted by Crippen LogP contribution is 2.38. The third-order valence-electron chi connectivity index (χ3n) is 5.05. The number of carbonyl (C=O) groups excluding carboxylic acids is 2. The van der Waals surface area contributed by atoms with Crippen LogP contribution in [0.15, 0.2) is 29.2 Å². The van der Waals surface area contributed by atoms with Gasteiger partial charge < -0.3 is 14.2 Å². The molecule has 2 rings (SSSR count). The van der Waals surface area contributed by atoms with E-state index < -0.39 is 55.2 Å². The van der Waals surface area contributed by atoms with Crippen molar-refractivity contribution < 1.29 is 32.2 Å². The minimum atomic E-state index is -3.72. The second kappa shape index (κ2) is 11.2. The van der Waals surface area contributed by atoms with Gasteiger partial charge in [-0.3, -0.25) is 9.59 Å². The van der Waals surface area contributed by atoms with Crippen LogP contribution in [-0.2, 0) is 33.6 Å². The molecular formula is C21H28Br2O7S. The third-order valence-corrected chi connectivity index (χ3v) is 10.2. The van der Waals surface area contributed by atoms with E-state index in [0.717, 1.165) is 5.56 Å². The van der Waals surface area contributed by atoms with E-state index in [-0.39, 0.29) is 11.3 Å². The zero-order chi connectivity index (χ0) is 23.3. The van der Waals surface area contributed by atoms with Crippen molar-refractivity contribution in [2.24, 2.45) is 0 Å². The molecule has 0 aromatic heterocycles. The van der Waals surface area contributed by atoms with Gasteiger partial charge >= 0.3 is 11.9 Å². The standard InChI is InChI=1S/C21H28Br2O7S/c1-5-6-16(28-13(3)24)20(29-14(4)25)17-11-18(19(22)21(23)30-17)31(26,27)15-9-7-12(2)8-10-15/h7-10,16-21H,5-6,11H2,1-4H3/t16-,17+,18-,19?,20+,21?/m1/s1. The van der Waals surface area contributed by atoms with Gasteiger partial charge in [0, 0.05) is 13.8 Å². The van der Waals surface area contributed by atoms with Gasteiger partial charge in [0.1, 0.15) is 17.2 Å². The molecule has 0 N–H and O–H groups in total. The Morgan fingerprint density at radius 2 is 1.71 bits per heavy atom. The summed E-state index contributed by atoms with van der Waals surface area (Å²) in [6, 6.07) is 6.66. The molecule has 10 heteroatoms. The molecule has 0 aliphatic carbocycles. The Hall–Kier alpha value is -0.970. The van der Waals surface area contributed by atoms with Crippen LogP contribution in [-0.4, -0.2) is 53.8 Å². The lowest BCUT2D eigenvalue weighted by molar-refractivity contribution is -0.183. The quantitative estimate of drug-likeness (QED) is 0.336. The van der Waals surface area contributed by atoms with Crippen LogP contribution in [0.25, 0.3) is 0 Å². The van der Waals surface area contributed by atoms with E-state index in [9.17, 15) is 18.0 Å². The molecule has 1 aliphatic heterocycles. The van der Waals surface area contributed by atoms with Gasteiger partial charge in [-0.1, -0.05) is 62.9 Å². The summed E-state index contributed by atoms with van der Waals surface area (Å²) in [4.78, 5) is 23.1. The molecule has 1 saturated heterocycles. The van der Waals surface area contributed by atoms with Crippen molar-refractivity contribution in [1.82, 2.24) is 0 Å². The lowest BCUT2D eigenvalue weighted by atomic mass is 9.97. The zero-order valence-electron chi connectivity index (χ0n) is 17.9. The molecule has 1 aromatic carbocycles. The van der Waals surface area contributed by atoms with Gasteiger partial charge in [-0.2, -0.15) is 0 Å². The number of aryl methyl sites for hydroxylation is 1. The SMILES string of the molecule is CCC[C@@H](OC(C)=O)[C@H](OC(C)=O)[C@@H]1C[C@@H](S(=O)(=O)c2ccc(C)cc2)C(Br)C(Br)O1. The van der Waals surface area contributed by atoms with Crippen LogP contribution in [0.3, 0.4) is 0 Å².